The first-order valence-corrected chi connectivity index (χ1v) is 5.09. The molecule has 76 valence electrons. The maximum atomic E-state index is 9.41. The normalized spacial score (nSPS) is 22.3. The number of nitrogens with zero attached hydrogens (tertiary/aromatic N) is 1. The summed E-state index contributed by atoms with van der Waals surface area (Å²) in [6, 6.07) is 5.50. The van der Waals surface area contributed by atoms with Crippen LogP contribution >= 0.6 is 0 Å². The van der Waals surface area contributed by atoms with Gasteiger partial charge in [0.05, 0.1) is 5.70 Å². The number of aliphatic imine (C=N–C) groups is 1. The summed E-state index contributed by atoms with van der Waals surface area (Å²) in [6.45, 7) is 2.01. The van der Waals surface area contributed by atoms with Crippen molar-refractivity contribution in [1.82, 2.24) is 0 Å². The van der Waals surface area contributed by atoms with Crippen LogP contribution in [0, 0.1) is 0 Å². The van der Waals surface area contributed by atoms with Gasteiger partial charge >= 0.3 is 0 Å². The molecule has 2 N–H and O–H groups in total. The minimum Gasteiger partial charge on any atom is -0.508 e. The van der Waals surface area contributed by atoms with Gasteiger partial charge in [-0.15, -0.1) is 0 Å². The van der Waals surface area contributed by atoms with E-state index in [1.807, 2.05) is 19.2 Å². The van der Waals surface area contributed by atoms with E-state index in [4.69, 9.17) is 0 Å². The molecular formula is C12H12N2O. The highest BCUT2D eigenvalue weighted by Crippen LogP contribution is 2.44. The van der Waals surface area contributed by atoms with Crippen molar-refractivity contribution in [3.63, 3.8) is 0 Å². The van der Waals surface area contributed by atoms with E-state index in [1.165, 1.54) is 11.3 Å². The maximum Gasteiger partial charge on any atom is 0.117 e. The van der Waals surface area contributed by atoms with Crippen LogP contribution in [0.1, 0.15) is 24.8 Å². The quantitative estimate of drug-likeness (QED) is 0.676. The Labute approximate surface area is 88.2 Å². The zero-order valence-electron chi connectivity index (χ0n) is 8.49. The van der Waals surface area contributed by atoms with Crippen molar-refractivity contribution >= 4 is 11.9 Å². The monoisotopic (exact) mass is 200 g/mol. The van der Waals surface area contributed by atoms with E-state index in [1.54, 1.807) is 12.1 Å². The SMILES string of the molecule is CC1=C2Nc3cc(O)ccc3C2CC=N1. The highest BCUT2D eigenvalue weighted by molar-refractivity contribution is 5.74. The van der Waals surface area contributed by atoms with E-state index in [0.29, 0.717) is 11.7 Å². The summed E-state index contributed by atoms with van der Waals surface area (Å²) in [5.74, 6) is 0.706. The van der Waals surface area contributed by atoms with Gasteiger partial charge in [0.15, 0.2) is 0 Å². The molecule has 0 aliphatic carbocycles. The molecule has 0 radical (unpaired) electrons. The molecule has 1 atom stereocenters. The second-order valence-electron chi connectivity index (χ2n) is 4.00. The van der Waals surface area contributed by atoms with Gasteiger partial charge in [0.25, 0.3) is 0 Å². The lowest BCUT2D eigenvalue weighted by atomic mass is 9.93. The summed E-state index contributed by atoms with van der Waals surface area (Å²) in [5.41, 5.74) is 4.49. The largest absolute Gasteiger partial charge is 0.508 e. The number of allylic oxidation sites excluding steroid dienone is 2. The number of fused-ring (bicyclic) bond motifs is 3. The number of phenols is 1. The molecule has 0 saturated carbocycles. The highest BCUT2D eigenvalue weighted by Gasteiger charge is 2.29. The molecule has 2 heterocycles. The molecule has 1 unspecified atom stereocenters. The molecule has 0 bridgehead atoms. The van der Waals surface area contributed by atoms with E-state index in [9.17, 15) is 5.11 Å². The van der Waals surface area contributed by atoms with Crippen LogP contribution in [0.2, 0.25) is 0 Å². The van der Waals surface area contributed by atoms with E-state index in [-0.39, 0.29) is 0 Å². The van der Waals surface area contributed by atoms with Crippen LogP contribution in [0.4, 0.5) is 5.69 Å². The predicted octanol–water partition coefficient (Wildman–Crippen LogP) is 2.61. The minimum absolute atomic E-state index is 0.305. The molecule has 1 aromatic carbocycles. The molecule has 3 heteroatoms. The molecule has 1 aromatic rings. The fourth-order valence-electron chi connectivity index (χ4n) is 2.30. The third-order valence-corrected chi connectivity index (χ3v) is 3.05. The average molecular weight is 200 g/mol. The van der Waals surface area contributed by atoms with Crippen molar-refractivity contribution in [3.05, 3.63) is 35.2 Å². The Morgan fingerprint density at radius 3 is 3.20 bits per heavy atom. The Morgan fingerprint density at radius 2 is 2.33 bits per heavy atom. The molecule has 0 spiro atoms. The number of anilines is 1. The molecule has 3 rings (SSSR count). The summed E-state index contributed by atoms with van der Waals surface area (Å²) in [4.78, 5) is 4.31. The number of hydrogen-bond donors (Lipinski definition) is 2. The fraction of sp³-hybridized carbons (Fsp3) is 0.250. The Bertz CT molecular complexity index is 488. The van der Waals surface area contributed by atoms with Gasteiger partial charge in [0.2, 0.25) is 0 Å². The Morgan fingerprint density at radius 1 is 1.47 bits per heavy atom. The van der Waals surface area contributed by atoms with Crippen LogP contribution < -0.4 is 5.32 Å². The summed E-state index contributed by atoms with van der Waals surface area (Å²) in [5, 5.41) is 12.7. The van der Waals surface area contributed by atoms with Gasteiger partial charge < -0.3 is 10.4 Å². The number of benzene rings is 1. The average Bonchev–Trinajstić information content (AvgIpc) is 2.57. The van der Waals surface area contributed by atoms with Gasteiger partial charge in [-0.3, -0.25) is 4.99 Å². The van der Waals surface area contributed by atoms with Crippen LogP contribution in [-0.4, -0.2) is 11.3 Å². The molecule has 0 amide bonds. The van der Waals surface area contributed by atoms with Gasteiger partial charge in [-0.05, 0) is 25.0 Å². The molecule has 0 fully saturated rings. The van der Waals surface area contributed by atoms with Crippen molar-refractivity contribution in [3.8, 4) is 5.75 Å². The van der Waals surface area contributed by atoms with Crippen molar-refractivity contribution in [2.45, 2.75) is 19.3 Å². The van der Waals surface area contributed by atoms with Gasteiger partial charge in [-0.2, -0.15) is 0 Å². The lowest BCUT2D eigenvalue weighted by Crippen LogP contribution is -2.07. The lowest BCUT2D eigenvalue weighted by Gasteiger charge is -2.15. The van der Waals surface area contributed by atoms with E-state index in [0.717, 1.165) is 17.8 Å². The van der Waals surface area contributed by atoms with Crippen LogP contribution in [0.5, 0.6) is 5.75 Å². The summed E-state index contributed by atoms with van der Waals surface area (Å²) >= 11 is 0. The first kappa shape index (κ1) is 8.53. The Kier molecular flexibility index (Phi) is 1.63. The predicted molar refractivity (Wildman–Crippen MR) is 60.3 cm³/mol. The highest BCUT2D eigenvalue weighted by atomic mass is 16.3. The first-order valence-electron chi connectivity index (χ1n) is 5.09. The number of phenolic OH excluding ortho intramolecular Hbond substituents is 1. The molecular weight excluding hydrogens is 188 g/mol. The van der Waals surface area contributed by atoms with Gasteiger partial charge in [0, 0.05) is 29.6 Å². The van der Waals surface area contributed by atoms with Gasteiger partial charge in [-0.1, -0.05) is 6.07 Å². The van der Waals surface area contributed by atoms with Gasteiger partial charge in [0.1, 0.15) is 5.75 Å². The van der Waals surface area contributed by atoms with Crippen molar-refractivity contribution in [1.29, 1.82) is 0 Å². The number of rotatable bonds is 0. The summed E-state index contributed by atoms with van der Waals surface area (Å²) in [7, 11) is 0. The maximum absolute atomic E-state index is 9.41. The van der Waals surface area contributed by atoms with Crippen molar-refractivity contribution in [2.24, 2.45) is 4.99 Å². The third-order valence-electron chi connectivity index (χ3n) is 3.05. The number of aromatic hydroxyl groups is 1. The fourth-order valence-corrected chi connectivity index (χ4v) is 2.30. The third kappa shape index (κ3) is 1.16. The first-order chi connectivity index (χ1) is 7.25. The van der Waals surface area contributed by atoms with Crippen LogP contribution in [0.3, 0.4) is 0 Å². The Hall–Kier alpha value is -1.77. The van der Waals surface area contributed by atoms with Crippen molar-refractivity contribution < 1.29 is 5.11 Å². The zero-order chi connectivity index (χ0) is 10.4. The molecule has 2 aliphatic rings. The van der Waals surface area contributed by atoms with Crippen molar-refractivity contribution in [2.75, 3.05) is 5.32 Å². The van der Waals surface area contributed by atoms with Crippen LogP contribution in [0.15, 0.2) is 34.6 Å². The van der Waals surface area contributed by atoms with E-state index < -0.39 is 0 Å². The second-order valence-corrected chi connectivity index (χ2v) is 4.00. The minimum atomic E-state index is 0.305. The molecule has 0 aromatic heterocycles. The van der Waals surface area contributed by atoms with E-state index in [2.05, 4.69) is 10.3 Å². The van der Waals surface area contributed by atoms with E-state index >= 15 is 0 Å². The topological polar surface area (TPSA) is 44.6 Å². The Balaban J connectivity index is 2.15. The lowest BCUT2D eigenvalue weighted by molar-refractivity contribution is 0.475. The molecule has 15 heavy (non-hydrogen) atoms. The number of nitrogens with one attached hydrogen (secondary N) is 1. The van der Waals surface area contributed by atoms with Crippen LogP contribution in [0.25, 0.3) is 0 Å². The molecule has 3 nitrogen and oxygen atoms in total. The summed E-state index contributed by atoms with van der Waals surface area (Å²) in [6.07, 6.45) is 2.91. The van der Waals surface area contributed by atoms with Gasteiger partial charge in [-0.25, -0.2) is 0 Å². The standard InChI is InChI=1S/C12H12N2O/c1-7-12-10(4-5-13-7)9-3-2-8(15)6-11(9)14-12/h2-3,5-6,10,14-15H,4H2,1H3. The second kappa shape index (κ2) is 2.86. The molecule has 0 saturated heterocycles. The molecule has 2 aliphatic heterocycles. The summed E-state index contributed by atoms with van der Waals surface area (Å²) < 4.78 is 0. The number of hydrogen-bond acceptors (Lipinski definition) is 3. The zero-order valence-corrected chi connectivity index (χ0v) is 8.49. The smallest absolute Gasteiger partial charge is 0.117 e. The van der Waals surface area contributed by atoms with Crippen LogP contribution in [-0.2, 0) is 0 Å².